The molecule has 0 saturated carbocycles. The zero-order valence-electron chi connectivity index (χ0n) is 10.5. The van der Waals surface area contributed by atoms with Gasteiger partial charge in [-0.3, -0.25) is 0 Å². The van der Waals surface area contributed by atoms with Crippen LogP contribution in [0.25, 0.3) is 0 Å². The fraction of sp³-hybridized carbons (Fsp3) is 0.462. The van der Waals surface area contributed by atoms with E-state index >= 15 is 0 Å². The van der Waals surface area contributed by atoms with Gasteiger partial charge in [0.2, 0.25) is 0 Å². The Labute approximate surface area is 103 Å². The number of aryl methyl sites for hydroxylation is 2. The van der Waals surface area contributed by atoms with E-state index in [2.05, 4.69) is 42.5 Å². The second-order valence-electron chi connectivity index (χ2n) is 4.29. The van der Waals surface area contributed by atoms with E-state index in [1.54, 1.807) is 0 Å². The topological polar surface area (TPSA) is 70.6 Å². The van der Waals surface area contributed by atoms with Crippen LogP contribution in [0, 0.1) is 13.8 Å². The summed E-state index contributed by atoms with van der Waals surface area (Å²) in [5.74, 6) is 0.302. The number of rotatable bonds is 6. The van der Waals surface area contributed by atoms with Crippen LogP contribution < -0.4 is 11.1 Å². The lowest BCUT2D eigenvalue weighted by Crippen LogP contribution is -2.12. The molecule has 0 aliphatic carbocycles. The molecular weight excluding hydrogens is 214 g/mol. The van der Waals surface area contributed by atoms with Crippen molar-refractivity contribution in [2.75, 3.05) is 11.9 Å². The number of amidine groups is 1. The Hall–Kier alpha value is -1.71. The molecule has 0 spiro atoms. The molecular formula is C13H21N3O. The van der Waals surface area contributed by atoms with Crippen LogP contribution in [-0.4, -0.2) is 17.6 Å². The smallest absolute Gasteiger partial charge is 0.139 e. The Kier molecular flexibility index (Phi) is 5.33. The summed E-state index contributed by atoms with van der Waals surface area (Å²) >= 11 is 0. The zero-order valence-corrected chi connectivity index (χ0v) is 10.5. The first-order valence-corrected chi connectivity index (χ1v) is 5.91. The van der Waals surface area contributed by atoms with E-state index < -0.39 is 0 Å². The Morgan fingerprint density at radius 3 is 2.76 bits per heavy atom. The summed E-state index contributed by atoms with van der Waals surface area (Å²) in [7, 11) is 0. The van der Waals surface area contributed by atoms with Gasteiger partial charge in [0.05, 0.1) is 0 Å². The largest absolute Gasteiger partial charge is 0.409 e. The van der Waals surface area contributed by atoms with Gasteiger partial charge < -0.3 is 16.3 Å². The van der Waals surface area contributed by atoms with Crippen LogP contribution in [-0.2, 0) is 0 Å². The summed E-state index contributed by atoms with van der Waals surface area (Å²) in [5.41, 5.74) is 9.11. The Morgan fingerprint density at radius 1 is 1.35 bits per heavy atom. The van der Waals surface area contributed by atoms with E-state index in [1.165, 1.54) is 16.8 Å². The number of anilines is 1. The third-order valence-corrected chi connectivity index (χ3v) is 2.69. The molecule has 0 bridgehead atoms. The van der Waals surface area contributed by atoms with Gasteiger partial charge >= 0.3 is 0 Å². The van der Waals surface area contributed by atoms with Gasteiger partial charge in [0, 0.05) is 18.7 Å². The molecule has 0 heterocycles. The fourth-order valence-corrected chi connectivity index (χ4v) is 1.72. The molecule has 1 aromatic carbocycles. The van der Waals surface area contributed by atoms with E-state index in [0.717, 1.165) is 19.4 Å². The van der Waals surface area contributed by atoms with Crippen molar-refractivity contribution < 1.29 is 5.21 Å². The standard InChI is InChI=1S/C13H21N3O/c1-10-6-7-12(11(2)9-10)15-8-4-3-5-13(14)16-17/h6-7,9,15,17H,3-5,8H2,1-2H3,(H2,14,16). The van der Waals surface area contributed by atoms with Gasteiger partial charge in [-0.1, -0.05) is 22.9 Å². The lowest BCUT2D eigenvalue weighted by Gasteiger charge is -2.09. The number of oxime groups is 1. The van der Waals surface area contributed by atoms with E-state index in [0.29, 0.717) is 12.3 Å². The number of nitrogens with two attached hydrogens (primary N) is 1. The number of nitrogens with one attached hydrogen (secondary N) is 1. The Bertz CT molecular complexity index is 388. The van der Waals surface area contributed by atoms with Crippen molar-refractivity contribution in [1.29, 1.82) is 0 Å². The van der Waals surface area contributed by atoms with Crippen molar-refractivity contribution in [2.24, 2.45) is 10.9 Å². The van der Waals surface area contributed by atoms with Crippen LogP contribution in [0.5, 0.6) is 0 Å². The zero-order chi connectivity index (χ0) is 12.7. The van der Waals surface area contributed by atoms with Crippen LogP contribution in [0.15, 0.2) is 23.4 Å². The second kappa shape index (κ2) is 6.78. The highest BCUT2D eigenvalue weighted by molar-refractivity contribution is 5.79. The van der Waals surface area contributed by atoms with Crippen molar-refractivity contribution >= 4 is 11.5 Å². The lowest BCUT2D eigenvalue weighted by atomic mass is 10.1. The van der Waals surface area contributed by atoms with Crippen LogP contribution in [0.2, 0.25) is 0 Å². The summed E-state index contributed by atoms with van der Waals surface area (Å²) in [6.45, 7) is 5.10. The molecule has 0 unspecified atom stereocenters. The highest BCUT2D eigenvalue weighted by Crippen LogP contribution is 2.15. The van der Waals surface area contributed by atoms with Crippen molar-refractivity contribution in [3.8, 4) is 0 Å². The Morgan fingerprint density at radius 2 is 2.12 bits per heavy atom. The molecule has 0 atom stereocenters. The molecule has 4 N–H and O–H groups in total. The van der Waals surface area contributed by atoms with Gasteiger partial charge in [0.1, 0.15) is 5.84 Å². The SMILES string of the molecule is Cc1ccc(NCCCCC(N)=NO)c(C)c1. The van der Waals surface area contributed by atoms with Gasteiger partial charge in [-0.05, 0) is 38.3 Å². The fourth-order valence-electron chi connectivity index (χ4n) is 1.72. The third-order valence-electron chi connectivity index (χ3n) is 2.69. The van der Waals surface area contributed by atoms with Gasteiger partial charge in [-0.25, -0.2) is 0 Å². The van der Waals surface area contributed by atoms with E-state index in [9.17, 15) is 0 Å². The molecule has 0 radical (unpaired) electrons. The first-order chi connectivity index (χ1) is 8.13. The van der Waals surface area contributed by atoms with Gasteiger partial charge in [-0.2, -0.15) is 0 Å². The maximum absolute atomic E-state index is 8.38. The van der Waals surface area contributed by atoms with E-state index in [-0.39, 0.29) is 0 Å². The van der Waals surface area contributed by atoms with Gasteiger partial charge in [-0.15, -0.1) is 0 Å². The van der Waals surface area contributed by atoms with Crippen molar-refractivity contribution in [3.63, 3.8) is 0 Å². The number of nitrogens with zero attached hydrogens (tertiary/aromatic N) is 1. The molecule has 17 heavy (non-hydrogen) atoms. The maximum atomic E-state index is 8.38. The number of benzene rings is 1. The molecule has 0 amide bonds. The predicted molar refractivity (Wildman–Crippen MR) is 71.7 cm³/mol. The third kappa shape index (κ3) is 4.76. The Balaban J connectivity index is 2.27. The summed E-state index contributed by atoms with van der Waals surface area (Å²) < 4.78 is 0. The monoisotopic (exact) mass is 235 g/mol. The minimum absolute atomic E-state index is 0.302. The second-order valence-corrected chi connectivity index (χ2v) is 4.29. The molecule has 0 fully saturated rings. The van der Waals surface area contributed by atoms with E-state index in [1.807, 2.05) is 0 Å². The maximum Gasteiger partial charge on any atom is 0.139 e. The normalized spacial score (nSPS) is 11.5. The summed E-state index contributed by atoms with van der Waals surface area (Å²) in [6, 6.07) is 6.37. The minimum Gasteiger partial charge on any atom is -0.409 e. The van der Waals surface area contributed by atoms with Crippen LogP contribution in [0.1, 0.15) is 30.4 Å². The van der Waals surface area contributed by atoms with Crippen LogP contribution in [0.4, 0.5) is 5.69 Å². The first-order valence-electron chi connectivity index (χ1n) is 5.91. The predicted octanol–water partition coefficient (Wildman–Crippen LogP) is 2.63. The van der Waals surface area contributed by atoms with Crippen molar-refractivity contribution in [1.82, 2.24) is 0 Å². The van der Waals surface area contributed by atoms with Gasteiger partial charge in [0.25, 0.3) is 0 Å². The summed E-state index contributed by atoms with van der Waals surface area (Å²) in [5, 5.41) is 14.7. The summed E-state index contributed by atoms with van der Waals surface area (Å²) in [6.07, 6.45) is 2.57. The molecule has 94 valence electrons. The van der Waals surface area contributed by atoms with Crippen molar-refractivity contribution in [2.45, 2.75) is 33.1 Å². The van der Waals surface area contributed by atoms with Gasteiger partial charge in [0.15, 0.2) is 0 Å². The molecule has 0 aromatic heterocycles. The average Bonchev–Trinajstić information content (AvgIpc) is 2.30. The minimum atomic E-state index is 0.302. The van der Waals surface area contributed by atoms with Crippen LogP contribution >= 0.6 is 0 Å². The average molecular weight is 235 g/mol. The summed E-state index contributed by atoms with van der Waals surface area (Å²) in [4.78, 5) is 0. The molecule has 1 rings (SSSR count). The number of hydrogen-bond acceptors (Lipinski definition) is 3. The highest BCUT2D eigenvalue weighted by atomic mass is 16.4. The molecule has 4 heteroatoms. The highest BCUT2D eigenvalue weighted by Gasteiger charge is 1.98. The molecule has 4 nitrogen and oxygen atoms in total. The van der Waals surface area contributed by atoms with Crippen LogP contribution in [0.3, 0.4) is 0 Å². The molecule has 0 aliphatic rings. The van der Waals surface area contributed by atoms with Crippen molar-refractivity contribution in [3.05, 3.63) is 29.3 Å². The quantitative estimate of drug-likeness (QED) is 0.233. The lowest BCUT2D eigenvalue weighted by molar-refractivity contribution is 0.316. The number of hydrogen-bond donors (Lipinski definition) is 3. The molecule has 0 saturated heterocycles. The first kappa shape index (κ1) is 13.4. The van der Waals surface area contributed by atoms with E-state index in [4.69, 9.17) is 10.9 Å². The molecule has 0 aliphatic heterocycles. The molecule has 1 aromatic rings. The number of unbranched alkanes of at least 4 members (excludes halogenated alkanes) is 1.